The number of ether oxygens (including phenoxy) is 1. The van der Waals surface area contributed by atoms with Crippen LogP contribution in [0.5, 0.6) is 5.75 Å². The number of hydrogen-bond donors (Lipinski definition) is 1. The number of amides is 2. The number of nitrogens with zero attached hydrogens (tertiary/aromatic N) is 1. The fourth-order valence-electron chi connectivity index (χ4n) is 2.71. The molecule has 0 aliphatic carbocycles. The lowest BCUT2D eigenvalue weighted by Gasteiger charge is -2.36. The number of carbonyl (C=O) groups is 2. The van der Waals surface area contributed by atoms with Crippen molar-refractivity contribution in [2.24, 2.45) is 0 Å². The molecule has 0 saturated carbocycles. The van der Waals surface area contributed by atoms with E-state index in [9.17, 15) is 9.59 Å². The van der Waals surface area contributed by atoms with E-state index in [4.69, 9.17) is 4.74 Å². The Bertz CT molecular complexity index is 628. The summed E-state index contributed by atoms with van der Waals surface area (Å²) in [5.41, 5.74) is 1.27. The summed E-state index contributed by atoms with van der Waals surface area (Å²) < 4.78 is 6.60. The number of fused-ring (bicyclic) bond motifs is 1. The van der Waals surface area contributed by atoms with Crippen LogP contribution in [0.25, 0.3) is 0 Å². The molecule has 2 heterocycles. The highest BCUT2D eigenvalue weighted by molar-refractivity contribution is 9.10. The van der Waals surface area contributed by atoms with E-state index >= 15 is 0 Å². The molecule has 5 nitrogen and oxygen atoms in total. The van der Waals surface area contributed by atoms with Crippen molar-refractivity contribution in [3.63, 3.8) is 0 Å². The molecule has 0 unspecified atom stereocenters. The zero-order valence-corrected chi connectivity index (χ0v) is 13.6. The molecular formula is C15H17BrN2O3. The maximum Gasteiger partial charge on any atom is 0.249 e. The van der Waals surface area contributed by atoms with Crippen LogP contribution in [0.15, 0.2) is 16.6 Å². The van der Waals surface area contributed by atoms with Gasteiger partial charge in [-0.15, -0.1) is 0 Å². The molecule has 2 aliphatic rings. The Morgan fingerprint density at radius 1 is 1.38 bits per heavy atom. The molecule has 6 heteroatoms. The predicted octanol–water partition coefficient (Wildman–Crippen LogP) is 1.62. The smallest absolute Gasteiger partial charge is 0.249 e. The lowest BCUT2D eigenvalue weighted by molar-refractivity contribution is -0.153. The van der Waals surface area contributed by atoms with Gasteiger partial charge in [-0.05, 0) is 31.5 Å². The van der Waals surface area contributed by atoms with E-state index in [1.165, 1.54) is 4.90 Å². The second kappa shape index (κ2) is 5.10. The minimum atomic E-state index is -0.718. The molecular weight excluding hydrogens is 336 g/mol. The largest absolute Gasteiger partial charge is 0.493 e. The highest BCUT2D eigenvalue weighted by Gasteiger charge is 2.40. The van der Waals surface area contributed by atoms with Crippen LogP contribution in [-0.4, -0.2) is 35.4 Å². The highest BCUT2D eigenvalue weighted by Crippen LogP contribution is 2.34. The predicted molar refractivity (Wildman–Crippen MR) is 81.0 cm³/mol. The van der Waals surface area contributed by atoms with Crippen molar-refractivity contribution in [3.8, 4) is 5.75 Å². The van der Waals surface area contributed by atoms with Gasteiger partial charge in [0.2, 0.25) is 11.8 Å². The quantitative estimate of drug-likeness (QED) is 0.821. The third kappa shape index (κ3) is 2.58. The molecule has 0 spiro atoms. The average Bonchev–Trinajstić information content (AvgIpc) is 2.88. The van der Waals surface area contributed by atoms with E-state index in [1.807, 2.05) is 12.1 Å². The fourth-order valence-corrected chi connectivity index (χ4v) is 3.26. The Morgan fingerprint density at radius 3 is 2.90 bits per heavy atom. The van der Waals surface area contributed by atoms with E-state index in [2.05, 4.69) is 21.2 Å². The molecule has 1 fully saturated rings. The zero-order chi connectivity index (χ0) is 15.2. The number of imide groups is 1. The summed E-state index contributed by atoms with van der Waals surface area (Å²) in [7, 11) is 0. The second-order valence-electron chi connectivity index (χ2n) is 5.92. The lowest BCUT2D eigenvalue weighted by Crippen LogP contribution is -2.63. The molecule has 112 valence electrons. The third-order valence-corrected chi connectivity index (χ3v) is 4.37. The van der Waals surface area contributed by atoms with Crippen molar-refractivity contribution < 1.29 is 14.3 Å². The van der Waals surface area contributed by atoms with Crippen LogP contribution in [-0.2, 0) is 22.6 Å². The van der Waals surface area contributed by atoms with Gasteiger partial charge >= 0.3 is 0 Å². The Labute approximate surface area is 131 Å². The van der Waals surface area contributed by atoms with Crippen molar-refractivity contribution in [2.45, 2.75) is 32.4 Å². The normalized spacial score (nSPS) is 20.4. The van der Waals surface area contributed by atoms with E-state index < -0.39 is 5.54 Å². The third-order valence-electron chi connectivity index (χ3n) is 3.92. The van der Waals surface area contributed by atoms with Crippen LogP contribution in [0.3, 0.4) is 0 Å². The van der Waals surface area contributed by atoms with E-state index in [-0.39, 0.29) is 24.9 Å². The van der Waals surface area contributed by atoms with E-state index in [1.54, 1.807) is 13.8 Å². The van der Waals surface area contributed by atoms with Crippen LogP contribution in [0.4, 0.5) is 0 Å². The monoisotopic (exact) mass is 352 g/mol. The van der Waals surface area contributed by atoms with Gasteiger partial charge in [0.25, 0.3) is 0 Å². The first kappa shape index (κ1) is 14.5. The van der Waals surface area contributed by atoms with Gasteiger partial charge in [-0.2, -0.15) is 0 Å². The minimum absolute atomic E-state index is 0.176. The average molecular weight is 353 g/mol. The van der Waals surface area contributed by atoms with Gasteiger partial charge in [-0.25, -0.2) is 0 Å². The summed E-state index contributed by atoms with van der Waals surface area (Å²) in [5, 5.41) is 2.96. The Hall–Kier alpha value is -1.40. The van der Waals surface area contributed by atoms with Gasteiger partial charge in [0.05, 0.1) is 25.2 Å². The van der Waals surface area contributed by atoms with Crippen LogP contribution in [0.2, 0.25) is 0 Å². The molecule has 0 bridgehead atoms. The highest BCUT2D eigenvalue weighted by atomic mass is 79.9. The molecule has 3 rings (SSSR count). The summed E-state index contributed by atoms with van der Waals surface area (Å²) in [6, 6.07) is 3.94. The molecule has 0 aromatic heterocycles. The topological polar surface area (TPSA) is 58.6 Å². The van der Waals surface area contributed by atoms with Gasteiger partial charge in [0.15, 0.2) is 0 Å². The van der Waals surface area contributed by atoms with Crippen molar-refractivity contribution in [1.29, 1.82) is 0 Å². The first-order valence-corrected chi connectivity index (χ1v) is 7.72. The van der Waals surface area contributed by atoms with Crippen molar-refractivity contribution in [2.75, 3.05) is 13.2 Å². The first-order chi connectivity index (χ1) is 9.88. The summed E-state index contributed by atoms with van der Waals surface area (Å²) >= 11 is 3.48. The molecule has 21 heavy (non-hydrogen) atoms. The standard InChI is InChI=1S/C15H17BrN2O3/c1-15(2)14(20)18(12(19)7-17-15)8-10-6-11(16)5-9-3-4-21-13(9)10/h5-6,17H,3-4,7-8H2,1-2H3. The van der Waals surface area contributed by atoms with Crippen molar-refractivity contribution in [1.82, 2.24) is 10.2 Å². The number of hydrogen-bond acceptors (Lipinski definition) is 4. The first-order valence-electron chi connectivity index (χ1n) is 6.92. The van der Waals surface area contributed by atoms with Gasteiger partial charge in [-0.1, -0.05) is 15.9 Å². The van der Waals surface area contributed by atoms with Crippen LogP contribution in [0, 0.1) is 0 Å². The molecule has 2 aliphatic heterocycles. The van der Waals surface area contributed by atoms with Crippen LogP contribution < -0.4 is 10.1 Å². The molecule has 1 N–H and O–H groups in total. The van der Waals surface area contributed by atoms with E-state index in [0.717, 1.165) is 27.8 Å². The van der Waals surface area contributed by atoms with Gasteiger partial charge < -0.3 is 4.74 Å². The number of rotatable bonds is 2. The maximum atomic E-state index is 12.4. The summed E-state index contributed by atoms with van der Waals surface area (Å²) in [5.74, 6) is 0.409. The maximum absolute atomic E-state index is 12.4. The Kier molecular flexibility index (Phi) is 3.53. The number of carbonyl (C=O) groups excluding carboxylic acids is 2. The molecule has 0 radical (unpaired) electrons. The van der Waals surface area contributed by atoms with Gasteiger partial charge in [0.1, 0.15) is 5.75 Å². The number of piperazine rings is 1. The summed E-state index contributed by atoms with van der Waals surface area (Å²) in [4.78, 5) is 25.8. The fraction of sp³-hybridized carbons (Fsp3) is 0.467. The molecule has 2 amide bonds. The second-order valence-corrected chi connectivity index (χ2v) is 6.83. The number of benzene rings is 1. The summed E-state index contributed by atoms with van der Waals surface area (Å²) in [6.07, 6.45) is 0.858. The SMILES string of the molecule is CC1(C)NCC(=O)N(Cc2cc(Br)cc3c2OCC3)C1=O. The molecule has 1 aromatic carbocycles. The van der Waals surface area contributed by atoms with Crippen molar-refractivity contribution >= 4 is 27.7 Å². The Balaban J connectivity index is 1.93. The van der Waals surface area contributed by atoms with E-state index in [0.29, 0.717) is 6.61 Å². The Morgan fingerprint density at radius 2 is 2.14 bits per heavy atom. The molecule has 1 saturated heterocycles. The molecule has 1 aromatic rings. The van der Waals surface area contributed by atoms with Crippen molar-refractivity contribution in [3.05, 3.63) is 27.7 Å². The van der Waals surface area contributed by atoms with Gasteiger partial charge in [0, 0.05) is 16.5 Å². The summed E-state index contributed by atoms with van der Waals surface area (Å²) in [6.45, 7) is 4.65. The van der Waals surface area contributed by atoms with Crippen LogP contribution in [0.1, 0.15) is 25.0 Å². The lowest BCUT2D eigenvalue weighted by atomic mass is 9.99. The molecule has 0 atom stereocenters. The van der Waals surface area contributed by atoms with Gasteiger partial charge in [-0.3, -0.25) is 19.8 Å². The zero-order valence-electron chi connectivity index (χ0n) is 12.0. The van der Waals surface area contributed by atoms with Crippen LogP contribution >= 0.6 is 15.9 Å². The minimum Gasteiger partial charge on any atom is -0.493 e. The number of halogens is 1. The number of nitrogens with one attached hydrogen (secondary N) is 1.